The summed E-state index contributed by atoms with van der Waals surface area (Å²) in [6, 6.07) is 0. The minimum Gasteiger partial charge on any atom is -0.462 e. The molecule has 0 saturated heterocycles. The number of rotatable bonds is 35. The number of carbonyl (C=O) groups excluding carboxylic acids is 2. The van der Waals surface area contributed by atoms with Crippen molar-refractivity contribution in [3.63, 3.8) is 0 Å². The molecule has 62 heavy (non-hydrogen) atoms. The van der Waals surface area contributed by atoms with Crippen molar-refractivity contribution in [3.05, 3.63) is 85.1 Å². The molecule has 3 unspecified atom stereocenters. The fourth-order valence-corrected chi connectivity index (χ4v) is 7.11. The van der Waals surface area contributed by atoms with Crippen molar-refractivity contribution in [1.82, 2.24) is 0 Å². The molecule has 1 fully saturated rings. The summed E-state index contributed by atoms with van der Waals surface area (Å²) in [6.45, 7) is 3.00. The van der Waals surface area contributed by atoms with Gasteiger partial charge in [-0.3, -0.25) is 18.6 Å². The molecule has 1 aliphatic carbocycles. The van der Waals surface area contributed by atoms with Crippen molar-refractivity contribution in [2.45, 2.75) is 185 Å². The zero-order valence-corrected chi connectivity index (χ0v) is 37.9. The van der Waals surface area contributed by atoms with Gasteiger partial charge < -0.3 is 45.0 Å². The second-order valence-corrected chi connectivity index (χ2v) is 16.8. The molecule has 0 aromatic rings. The van der Waals surface area contributed by atoms with Crippen LogP contribution in [0.3, 0.4) is 0 Å². The molecule has 354 valence electrons. The van der Waals surface area contributed by atoms with Gasteiger partial charge in [0.05, 0.1) is 12.7 Å². The van der Waals surface area contributed by atoms with Gasteiger partial charge in [-0.05, 0) is 77.0 Å². The molecule has 0 aromatic heterocycles. The maximum absolute atomic E-state index is 12.8. The molecule has 0 bridgehead atoms. The third-order valence-electron chi connectivity index (χ3n) is 9.80. The van der Waals surface area contributed by atoms with Crippen LogP contribution in [0.25, 0.3) is 0 Å². The maximum Gasteiger partial charge on any atom is 0.472 e. The average Bonchev–Trinajstić information content (AvgIpc) is 3.25. The Morgan fingerprint density at radius 3 is 1.79 bits per heavy atom. The molecule has 1 aliphatic rings. The van der Waals surface area contributed by atoms with E-state index in [1.54, 1.807) is 6.08 Å². The van der Waals surface area contributed by atoms with Crippen LogP contribution >= 0.6 is 7.82 Å². The van der Waals surface area contributed by atoms with E-state index < -0.39 is 81.8 Å². The Kier molecular flexibility index (Phi) is 33.4. The molecular weight excluding hydrogens is 819 g/mol. The first-order valence-electron chi connectivity index (χ1n) is 22.5. The largest absolute Gasteiger partial charge is 0.472 e. The van der Waals surface area contributed by atoms with Gasteiger partial charge in [-0.1, -0.05) is 131 Å². The Labute approximate surface area is 370 Å². The molecule has 0 aromatic carbocycles. The van der Waals surface area contributed by atoms with E-state index in [0.717, 1.165) is 57.8 Å². The van der Waals surface area contributed by atoms with Crippen LogP contribution in [0.5, 0.6) is 0 Å². The van der Waals surface area contributed by atoms with Crippen molar-refractivity contribution in [2.75, 3.05) is 13.2 Å². The Bertz CT molecular complexity index is 1420. The van der Waals surface area contributed by atoms with Crippen LogP contribution in [0.2, 0.25) is 0 Å². The highest BCUT2D eigenvalue weighted by atomic mass is 31.2. The fraction of sp³-hybridized carbons (Fsp3) is 0.660. The topological polar surface area (TPSA) is 230 Å². The summed E-state index contributed by atoms with van der Waals surface area (Å²) in [4.78, 5) is 35.6. The molecule has 14 nitrogen and oxygen atoms in total. The second kappa shape index (κ2) is 36.3. The number of ether oxygens (including phenoxy) is 2. The summed E-state index contributed by atoms with van der Waals surface area (Å²) in [5.41, 5.74) is 0. The standard InChI is InChI=1S/C47H77O14P/c1-3-5-7-9-11-12-13-14-15-16-17-18-23-27-31-35-41(50)60-39(37-59-62(56,57)61-47-45(54)43(52)42(51)44(53)46(47)55)36-58-40(49)34-30-26-22-20-19-21-25-29-33-38(48)32-28-24-10-8-6-4-2/h5,7,11-12,14-15,20-22,24-25,28-29,33,38-39,42-48,51-55H,3-4,6,8-10,13,16-19,23,26-27,30-32,34-37H2,1-2H3,(H,56,57)/b7-5-,12-11-,15-14-,22-20-,25-21-,28-24-,33-29+/t38-,39-,42?,43-,44+,45-,46-,47?/m1/s1. The number of aliphatic hydroxyl groups is 6. The highest BCUT2D eigenvalue weighted by Gasteiger charge is 2.51. The fourth-order valence-electron chi connectivity index (χ4n) is 6.14. The summed E-state index contributed by atoms with van der Waals surface area (Å²) >= 11 is 0. The summed E-state index contributed by atoms with van der Waals surface area (Å²) in [7, 11) is -5.15. The second-order valence-electron chi connectivity index (χ2n) is 15.4. The number of esters is 2. The molecule has 0 heterocycles. The van der Waals surface area contributed by atoms with Crippen LogP contribution in [0.1, 0.15) is 136 Å². The molecule has 0 radical (unpaired) electrons. The Morgan fingerprint density at radius 2 is 1.13 bits per heavy atom. The van der Waals surface area contributed by atoms with Gasteiger partial charge in [0.2, 0.25) is 0 Å². The highest BCUT2D eigenvalue weighted by Crippen LogP contribution is 2.47. The van der Waals surface area contributed by atoms with Crippen LogP contribution in [0, 0.1) is 0 Å². The van der Waals surface area contributed by atoms with Gasteiger partial charge in [0, 0.05) is 12.8 Å². The number of aliphatic hydroxyl groups excluding tert-OH is 6. The van der Waals surface area contributed by atoms with Gasteiger partial charge in [-0.15, -0.1) is 0 Å². The normalized spacial score (nSPS) is 23.2. The Morgan fingerprint density at radius 1 is 0.597 bits per heavy atom. The Hall–Kier alpha value is -3.01. The summed E-state index contributed by atoms with van der Waals surface area (Å²) in [5.74, 6) is -1.23. The lowest BCUT2D eigenvalue weighted by Crippen LogP contribution is -2.64. The number of unbranched alkanes of at least 4 members (excludes halogenated alkanes) is 9. The van der Waals surface area contributed by atoms with Crippen LogP contribution in [-0.4, -0.2) is 110 Å². The van der Waals surface area contributed by atoms with Crippen molar-refractivity contribution >= 4 is 19.8 Å². The number of allylic oxidation sites excluding steroid dienone is 12. The monoisotopic (exact) mass is 897 g/mol. The minimum atomic E-state index is -5.15. The van der Waals surface area contributed by atoms with Crippen molar-refractivity contribution in [1.29, 1.82) is 0 Å². The van der Waals surface area contributed by atoms with Gasteiger partial charge in [0.1, 0.15) is 43.2 Å². The van der Waals surface area contributed by atoms with E-state index >= 15 is 0 Å². The number of phosphoric acid groups is 1. The molecule has 0 spiro atoms. The van der Waals surface area contributed by atoms with Crippen molar-refractivity contribution in [2.24, 2.45) is 0 Å². The average molecular weight is 897 g/mol. The van der Waals surface area contributed by atoms with E-state index in [2.05, 4.69) is 56.4 Å². The summed E-state index contributed by atoms with van der Waals surface area (Å²) in [5, 5.41) is 60.1. The smallest absolute Gasteiger partial charge is 0.462 e. The number of hydrogen-bond acceptors (Lipinski definition) is 13. The van der Waals surface area contributed by atoms with Crippen molar-refractivity contribution in [3.8, 4) is 0 Å². The van der Waals surface area contributed by atoms with Gasteiger partial charge in [0.15, 0.2) is 6.10 Å². The SMILES string of the molecule is CC/C=C\C/C=C\C/C=C\CCCCCCCC(=O)O[C@H](COC(=O)CCC/C=C\C/C=C\C=C\[C@H](O)C/C=C\CCCCC)COP(=O)(O)OC1[C@H](O)[C@H](O)C(O)[C@H](O)[C@H]1O. The third-order valence-corrected chi connectivity index (χ3v) is 10.8. The zero-order chi connectivity index (χ0) is 45.9. The summed E-state index contributed by atoms with van der Waals surface area (Å²) < 4.78 is 33.4. The highest BCUT2D eigenvalue weighted by molar-refractivity contribution is 7.47. The quantitative estimate of drug-likeness (QED) is 0.0108. The molecule has 9 atom stereocenters. The van der Waals surface area contributed by atoms with E-state index in [0.29, 0.717) is 32.1 Å². The van der Waals surface area contributed by atoms with Gasteiger partial charge in [0.25, 0.3) is 0 Å². The molecule has 15 heteroatoms. The number of carbonyl (C=O) groups is 2. The van der Waals surface area contributed by atoms with Gasteiger partial charge in [-0.25, -0.2) is 4.57 Å². The van der Waals surface area contributed by atoms with E-state index in [4.69, 9.17) is 18.5 Å². The lowest BCUT2D eigenvalue weighted by Gasteiger charge is -2.41. The molecule has 7 N–H and O–H groups in total. The predicted octanol–water partition coefficient (Wildman–Crippen LogP) is 7.47. The number of hydrogen-bond donors (Lipinski definition) is 7. The van der Waals surface area contributed by atoms with Gasteiger partial charge >= 0.3 is 19.8 Å². The van der Waals surface area contributed by atoms with Crippen LogP contribution < -0.4 is 0 Å². The summed E-state index contributed by atoms with van der Waals surface area (Å²) in [6.07, 6.45) is 29.5. The van der Waals surface area contributed by atoms with Crippen LogP contribution in [0.15, 0.2) is 85.1 Å². The molecule has 0 aliphatic heterocycles. The first kappa shape index (κ1) is 57.0. The molecular formula is C47H77O14P. The predicted molar refractivity (Wildman–Crippen MR) is 241 cm³/mol. The van der Waals surface area contributed by atoms with Crippen LogP contribution in [-0.2, 0) is 32.7 Å². The first-order chi connectivity index (χ1) is 29.8. The zero-order valence-electron chi connectivity index (χ0n) is 37.0. The lowest BCUT2D eigenvalue weighted by molar-refractivity contribution is -0.220. The molecule has 0 amide bonds. The van der Waals surface area contributed by atoms with E-state index in [9.17, 15) is 49.7 Å². The van der Waals surface area contributed by atoms with Crippen LogP contribution in [0.4, 0.5) is 0 Å². The first-order valence-corrected chi connectivity index (χ1v) is 24.0. The molecule has 1 saturated carbocycles. The minimum absolute atomic E-state index is 0.0482. The van der Waals surface area contributed by atoms with E-state index in [1.807, 2.05) is 36.5 Å². The van der Waals surface area contributed by atoms with E-state index in [1.165, 1.54) is 19.3 Å². The van der Waals surface area contributed by atoms with E-state index in [-0.39, 0.29) is 12.8 Å². The lowest BCUT2D eigenvalue weighted by atomic mass is 9.85. The van der Waals surface area contributed by atoms with Gasteiger partial charge in [-0.2, -0.15) is 0 Å². The molecule has 1 rings (SSSR count). The van der Waals surface area contributed by atoms with Crippen molar-refractivity contribution < 1.29 is 68.2 Å². The maximum atomic E-state index is 12.8. The third kappa shape index (κ3) is 28.6. The number of phosphoric ester groups is 1. The Balaban J connectivity index is 2.56.